The zero-order valence-corrected chi connectivity index (χ0v) is 23.7. The van der Waals surface area contributed by atoms with E-state index in [9.17, 15) is 9.59 Å². The van der Waals surface area contributed by atoms with Crippen LogP contribution in [0.2, 0.25) is 0 Å². The average Bonchev–Trinajstić information content (AvgIpc) is 2.89. The van der Waals surface area contributed by atoms with Crippen molar-refractivity contribution in [1.82, 2.24) is 9.80 Å². The van der Waals surface area contributed by atoms with Crippen LogP contribution in [0.5, 0.6) is 0 Å². The van der Waals surface area contributed by atoms with Gasteiger partial charge in [-0.05, 0) is 57.5 Å². The predicted molar refractivity (Wildman–Crippen MR) is 154 cm³/mol. The number of amides is 2. The Hall–Kier alpha value is -1.88. The first kappa shape index (κ1) is 32.1. The maximum atomic E-state index is 13.5. The number of carbonyl (C=O) groups excluding carboxylic acids is 2. The molecule has 1 aromatic rings. The third-order valence-electron chi connectivity index (χ3n) is 7.05. The molecule has 2 N–H and O–H groups in total. The van der Waals surface area contributed by atoms with Gasteiger partial charge < -0.3 is 15.5 Å². The molecular formula is C31H55N3O2. The Morgan fingerprint density at radius 1 is 0.583 bits per heavy atom. The van der Waals surface area contributed by atoms with Crippen molar-refractivity contribution in [2.45, 2.75) is 117 Å². The van der Waals surface area contributed by atoms with Gasteiger partial charge in [0.2, 0.25) is 5.91 Å². The Labute approximate surface area is 222 Å². The minimum absolute atomic E-state index is 0.0611. The fourth-order valence-corrected chi connectivity index (χ4v) is 4.74. The molecule has 0 bridgehead atoms. The molecule has 2 amide bonds. The second kappa shape index (κ2) is 21.2. The highest BCUT2D eigenvalue weighted by Crippen LogP contribution is 2.15. The summed E-state index contributed by atoms with van der Waals surface area (Å²) >= 11 is 0. The Morgan fingerprint density at radius 2 is 1.03 bits per heavy atom. The van der Waals surface area contributed by atoms with E-state index in [0.717, 1.165) is 52.0 Å². The number of benzene rings is 1. The van der Waals surface area contributed by atoms with Crippen molar-refractivity contribution in [3.8, 4) is 0 Å². The highest BCUT2D eigenvalue weighted by molar-refractivity contribution is 6.06. The molecule has 0 saturated carbocycles. The SMILES string of the molecule is CCCCCCCCCCCCN(CCCN(CCCC)CCCC)C(=O)c1ccccc1C(N)=O. The fourth-order valence-electron chi connectivity index (χ4n) is 4.74. The third kappa shape index (κ3) is 14.0. The van der Waals surface area contributed by atoms with Crippen LogP contribution in [0.15, 0.2) is 24.3 Å². The van der Waals surface area contributed by atoms with Crippen molar-refractivity contribution >= 4 is 11.8 Å². The zero-order valence-electron chi connectivity index (χ0n) is 23.7. The Kier molecular flexibility index (Phi) is 19.0. The van der Waals surface area contributed by atoms with Crippen LogP contribution in [0.25, 0.3) is 0 Å². The number of primary amides is 1. The van der Waals surface area contributed by atoms with Crippen molar-refractivity contribution in [2.75, 3.05) is 32.7 Å². The molecule has 36 heavy (non-hydrogen) atoms. The smallest absolute Gasteiger partial charge is 0.254 e. The van der Waals surface area contributed by atoms with Crippen LogP contribution in [-0.2, 0) is 0 Å². The Morgan fingerprint density at radius 3 is 1.56 bits per heavy atom. The maximum Gasteiger partial charge on any atom is 0.254 e. The monoisotopic (exact) mass is 501 g/mol. The average molecular weight is 502 g/mol. The number of carbonyl (C=O) groups is 2. The van der Waals surface area contributed by atoms with Crippen molar-refractivity contribution in [3.05, 3.63) is 35.4 Å². The molecule has 0 atom stereocenters. The number of unbranched alkanes of at least 4 members (excludes halogenated alkanes) is 11. The maximum absolute atomic E-state index is 13.5. The van der Waals surface area contributed by atoms with Crippen LogP contribution in [0.3, 0.4) is 0 Å². The molecule has 5 heteroatoms. The van der Waals surface area contributed by atoms with Crippen LogP contribution in [0, 0.1) is 0 Å². The van der Waals surface area contributed by atoms with Gasteiger partial charge in [-0.2, -0.15) is 0 Å². The lowest BCUT2D eigenvalue weighted by Gasteiger charge is -2.26. The second-order valence-electron chi connectivity index (χ2n) is 10.3. The number of nitrogens with zero attached hydrogens (tertiary/aromatic N) is 2. The van der Waals surface area contributed by atoms with Gasteiger partial charge in [-0.25, -0.2) is 0 Å². The fraction of sp³-hybridized carbons (Fsp3) is 0.742. The summed E-state index contributed by atoms with van der Waals surface area (Å²) in [5, 5.41) is 0. The van der Waals surface area contributed by atoms with E-state index in [1.54, 1.807) is 18.2 Å². The first-order valence-corrected chi connectivity index (χ1v) is 15.0. The van der Waals surface area contributed by atoms with Crippen molar-refractivity contribution < 1.29 is 9.59 Å². The molecule has 0 aliphatic carbocycles. The molecule has 0 aliphatic heterocycles. The van der Waals surface area contributed by atoms with Crippen molar-refractivity contribution in [2.24, 2.45) is 5.73 Å². The molecule has 206 valence electrons. The summed E-state index contributed by atoms with van der Waals surface area (Å²) in [5.41, 5.74) is 6.33. The molecule has 0 saturated heterocycles. The van der Waals surface area contributed by atoms with Crippen LogP contribution in [0.4, 0.5) is 0 Å². The number of hydrogen-bond donors (Lipinski definition) is 1. The molecule has 5 nitrogen and oxygen atoms in total. The van der Waals surface area contributed by atoms with Gasteiger partial charge >= 0.3 is 0 Å². The van der Waals surface area contributed by atoms with Gasteiger partial charge in [0.05, 0.1) is 11.1 Å². The summed E-state index contributed by atoms with van der Waals surface area (Å²) in [6, 6.07) is 6.98. The normalized spacial score (nSPS) is 11.2. The Bertz CT molecular complexity index is 699. The van der Waals surface area contributed by atoms with Crippen LogP contribution in [-0.4, -0.2) is 54.3 Å². The van der Waals surface area contributed by atoms with Gasteiger partial charge in [-0.1, -0.05) is 104 Å². The minimum Gasteiger partial charge on any atom is -0.366 e. The van der Waals surface area contributed by atoms with Gasteiger partial charge in [0, 0.05) is 13.1 Å². The van der Waals surface area contributed by atoms with E-state index in [2.05, 4.69) is 25.7 Å². The lowest BCUT2D eigenvalue weighted by Crippen LogP contribution is -2.36. The van der Waals surface area contributed by atoms with Crippen LogP contribution >= 0.6 is 0 Å². The van der Waals surface area contributed by atoms with Gasteiger partial charge in [0.15, 0.2) is 0 Å². The van der Waals surface area contributed by atoms with Crippen molar-refractivity contribution in [3.63, 3.8) is 0 Å². The third-order valence-corrected chi connectivity index (χ3v) is 7.05. The second-order valence-corrected chi connectivity index (χ2v) is 10.3. The highest BCUT2D eigenvalue weighted by Gasteiger charge is 2.20. The van der Waals surface area contributed by atoms with E-state index >= 15 is 0 Å². The molecule has 0 aliphatic rings. The van der Waals surface area contributed by atoms with E-state index in [-0.39, 0.29) is 5.91 Å². The standard InChI is InChI=1S/C31H55N3O2/c1-4-7-10-11-12-13-14-15-16-19-26-34(27-20-25-33(23-8-5-2)24-9-6-3)31(36)29-22-18-17-21-28(29)30(32)35/h17-18,21-22H,4-16,19-20,23-27H2,1-3H3,(H2,32,35). The first-order valence-electron chi connectivity index (χ1n) is 15.0. The summed E-state index contributed by atoms with van der Waals surface area (Å²) in [5.74, 6) is -0.600. The summed E-state index contributed by atoms with van der Waals surface area (Å²) in [4.78, 5) is 29.9. The summed E-state index contributed by atoms with van der Waals surface area (Å²) in [6.45, 7) is 11.5. The molecule has 1 rings (SSSR count). The molecule has 0 fully saturated rings. The number of nitrogens with two attached hydrogens (primary N) is 1. The molecule has 0 heterocycles. The van der Waals surface area contributed by atoms with E-state index in [4.69, 9.17) is 5.73 Å². The van der Waals surface area contributed by atoms with Gasteiger partial charge in [-0.15, -0.1) is 0 Å². The highest BCUT2D eigenvalue weighted by atomic mass is 16.2. The topological polar surface area (TPSA) is 66.6 Å². The van der Waals surface area contributed by atoms with E-state index < -0.39 is 5.91 Å². The first-order chi connectivity index (χ1) is 17.5. The van der Waals surface area contributed by atoms with E-state index in [1.807, 2.05) is 11.0 Å². The summed E-state index contributed by atoms with van der Waals surface area (Å²) < 4.78 is 0. The Balaban J connectivity index is 2.64. The van der Waals surface area contributed by atoms with Gasteiger partial charge in [0.25, 0.3) is 5.91 Å². The molecule has 1 aromatic carbocycles. The number of rotatable bonds is 23. The van der Waals surface area contributed by atoms with Crippen LogP contribution < -0.4 is 5.73 Å². The minimum atomic E-state index is -0.539. The van der Waals surface area contributed by atoms with E-state index in [0.29, 0.717) is 11.1 Å². The lowest BCUT2D eigenvalue weighted by atomic mass is 10.0. The lowest BCUT2D eigenvalue weighted by molar-refractivity contribution is 0.0739. The molecule has 0 unspecified atom stereocenters. The quantitative estimate of drug-likeness (QED) is 0.158. The number of hydrogen-bond acceptors (Lipinski definition) is 3. The molecule has 0 aromatic heterocycles. The summed E-state index contributed by atoms with van der Waals surface area (Å²) in [7, 11) is 0. The molecule has 0 radical (unpaired) electrons. The predicted octanol–water partition coefficient (Wildman–Crippen LogP) is 7.44. The largest absolute Gasteiger partial charge is 0.366 e. The van der Waals surface area contributed by atoms with E-state index in [1.165, 1.54) is 77.0 Å². The molecule has 0 spiro atoms. The zero-order chi connectivity index (χ0) is 26.4. The van der Waals surface area contributed by atoms with Crippen LogP contribution in [0.1, 0.15) is 138 Å². The molecular weight excluding hydrogens is 446 g/mol. The van der Waals surface area contributed by atoms with Crippen molar-refractivity contribution in [1.29, 1.82) is 0 Å². The van der Waals surface area contributed by atoms with Gasteiger partial charge in [0.1, 0.15) is 0 Å². The summed E-state index contributed by atoms with van der Waals surface area (Å²) in [6.07, 6.45) is 18.5. The van der Waals surface area contributed by atoms with Gasteiger partial charge in [-0.3, -0.25) is 9.59 Å².